The molecule has 112 valence electrons. The minimum atomic E-state index is 0.00762. The number of aryl methyl sites for hydroxylation is 2. The van der Waals surface area contributed by atoms with Gasteiger partial charge in [0.05, 0.1) is 18.3 Å². The average Bonchev–Trinajstić information content (AvgIpc) is 2.60. The van der Waals surface area contributed by atoms with Crippen molar-refractivity contribution >= 4 is 5.91 Å². The highest BCUT2D eigenvalue weighted by Gasteiger charge is 2.18. The molecular formula is C15H26N4O. The Morgan fingerprint density at radius 3 is 2.50 bits per heavy atom. The molecule has 20 heavy (non-hydrogen) atoms. The number of nitrogens with one attached hydrogen (secondary N) is 2. The van der Waals surface area contributed by atoms with Crippen LogP contribution in [0, 0.1) is 13.8 Å². The molecule has 1 aromatic rings. The molecule has 0 aliphatic carbocycles. The van der Waals surface area contributed by atoms with E-state index in [1.807, 2.05) is 20.8 Å². The van der Waals surface area contributed by atoms with Gasteiger partial charge in [-0.05, 0) is 46.7 Å². The number of aromatic nitrogens is 2. The summed E-state index contributed by atoms with van der Waals surface area (Å²) in [7, 11) is 0. The second-order valence-corrected chi connectivity index (χ2v) is 5.83. The van der Waals surface area contributed by atoms with Crippen molar-refractivity contribution < 1.29 is 4.79 Å². The second kappa shape index (κ2) is 6.88. The standard InChI is InChI=1S/C15H26N4O/c1-11(15-12(2)17-18-13(15)3)16-14(20)10-19-8-6-4-5-7-9-19/h11H,4-10H2,1-3H3,(H,16,20)(H,17,18). The van der Waals surface area contributed by atoms with E-state index in [2.05, 4.69) is 20.4 Å². The van der Waals surface area contributed by atoms with Gasteiger partial charge in [-0.15, -0.1) is 0 Å². The van der Waals surface area contributed by atoms with Crippen molar-refractivity contribution in [1.82, 2.24) is 20.4 Å². The number of amides is 1. The molecule has 1 aliphatic rings. The molecule has 1 unspecified atom stereocenters. The van der Waals surface area contributed by atoms with Crippen molar-refractivity contribution in [3.8, 4) is 0 Å². The van der Waals surface area contributed by atoms with Crippen LogP contribution < -0.4 is 5.32 Å². The summed E-state index contributed by atoms with van der Waals surface area (Å²) in [5.74, 6) is 0.111. The number of hydrogen-bond donors (Lipinski definition) is 2. The molecule has 2 rings (SSSR count). The number of H-pyrrole nitrogens is 1. The van der Waals surface area contributed by atoms with E-state index in [0.29, 0.717) is 6.54 Å². The number of aromatic amines is 1. The van der Waals surface area contributed by atoms with Gasteiger partial charge in [-0.1, -0.05) is 12.8 Å². The maximum Gasteiger partial charge on any atom is 0.234 e. The number of likely N-dealkylation sites (tertiary alicyclic amines) is 1. The van der Waals surface area contributed by atoms with Crippen LogP contribution in [0.3, 0.4) is 0 Å². The van der Waals surface area contributed by atoms with Gasteiger partial charge in [-0.3, -0.25) is 14.8 Å². The van der Waals surface area contributed by atoms with Gasteiger partial charge in [-0.2, -0.15) is 5.10 Å². The fourth-order valence-corrected chi connectivity index (χ4v) is 3.05. The maximum absolute atomic E-state index is 12.2. The summed E-state index contributed by atoms with van der Waals surface area (Å²) in [6.07, 6.45) is 5.01. The van der Waals surface area contributed by atoms with Crippen LogP contribution >= 0.6 is 0 Å². The number of nitrogens with zero attached hydrogens (tertiary/aromatic N) is 2. The molecule has 1 atom stereocenters. The topological polar surface area (TPSA) is 61.0 Å². The molecule has 1 aliphatic heterocycles. The molecule has 0 spiro atoms. The largest absolute Gasteiger partial charge is 0.348 e. The van der Waals surface area contributed by atoms with E-state index in [-0.39, 0.29) is 11.9 Å². The summed E-state index contributed by atoms with van der Waals surface area (Å²) in [5, 5.41) is 10.2. The molecule has 0 bridgehead atoms. The van der Waals surface area contributed by atoms with Crippen LogP contribution in [0.15, 0.2) is 0 Å². The van der Waals surface area contributed by atoms with Gasteiger partial charge in [0.15, 0.2) is 0 Å². The highest BCUT2D eigenvalue weighted by molar-refractivity contribution is 5.78. The Hall–Kier alpha value is -1.36. The molecule has 1 fully saturated rings. The van der Waals surface area contributed by atoms with Crippen LogP contribution in [0.5, 0.6) is 0 Å². The van der Waals surface area contributed by atoms with Gasteiger partial charge in [0.25, 0.3) is 0 Å². The van der Waals surface area contributed by atoms with Gasteiger partial charge in [0.2, 0.25) is 5.91 Å². The summed E-state index contributed by atoms with van der Waals surface area (Å²) in [6, 6.07) is 0.00762. The van der Waals surface area contributed by atoms with Crippen LogP contribution in [-0.2, 0) is 4.79 Å². The van der Waals surface area contributed by atoms with E-state index in [9.17, 15) is 4.79 Å². The minimum absolute atomic E-state index is 0.00762. The first-order valence-electron chi connectivity index (χ1n) is 7.61. The molecule has 0 saturated carbocycles. The Bertz CT molecular complexity index is 427. The zero-order chi connectivity index (χ0) is 14.5. The van der Waals surface area contributed by atoms with Crippen molar-refractivity contribution in [2.24, 2.45) is 0 Å². The van der Waals surface area contributed by atoms with E-state index in [0.717, 1.165) is 30.0 Å². The van der Waals surface area contributed by atoms with Crippen LogP contribution in [-0.4, -0.2) is 40.6 Å². The lowest BCUT2D eigenvalue weighted by molar-refractivity contribution is -0.122. The van der Waals surface area contributed by atoms with Crippen molar-refractivity contribution in [2.45, 2.75) is 52.5 Å². The lowest BCUT2D eigenvalue weighted by Crippen LogP contribution is -2.38. The molecule has 1 saturated heterocycles. The van der Waals surface area contributed by atoms with Crippen LogP contribution in [0.4, 0.5) is 0 Å². The van der Waals surface area contributed by atoms with E-state index in [1.54, 1.807) is 0 Å². The Balaban J connectivity index is 1.87. The fourth-order valence-electron chi connectivity index (χ4n) is 3.05. The number of hydrogen-bond acceptors (Lipinski definition) is 3. The summed E-state index contributed by atoms with van der Waals surface area (Å²) >= 11 is 0. The summed E-state index contributed by atoms with van der Waals surface area (Å²) in [6.45, 7) is 8.59. The van der Waals surface area contributed by atoms with Crippen molar-refractivity contribution in [2.75, 3.05) is 19.6 Å². The van der Waals surface area contributed by atoms with E-state index in [4.69, 9.17) is 0 Å². The van der Waals surface area contributed by atoms with E-state index < -0.39 is 0 Å². The Labute approximate surface area is 121 Å². The van der Waals surface area contributed by atoms with Crippen molar-refractivity contribution in [3.63, 3.8) is 0 Å². The van der Waals surface area contributed by atoms with Gasteiger partial charge in [0, 0.05) is 11.3 Å². The lowest BCUT2D eigenvalue weighted by Gasteiger charge is -2.21. The number of rotatable bonds is 4. The smallest absolute Gasteiger partial charge is 0.234 e. The van der Waals surface area contributed by atoms with Crippen LogP contribution in [0.25, 0.3) is 0 Å². The number of carbonyl (C=O) groups excluding carboxylic acids is 1. The minimum Gasteiger partial charge on any atom is -0.348 e. The quantitative estimate of drug-likeness (QED) is 0.886. The third kappa shape index (κ3) is 3.82. The number of carbonyl (C=O) groups is 1. The van der Waals surface area contributed by atoms with E-state index >= 15 is 0 Å². The monoisotopic (exact) mass is 278 g/mol. The molecule has 0 radical (unpaired) electrons. The molecular weight excluding hydrogens is 252 g/mol. The summed E-state index contributed by atoms with van der Waals surface area (Å²) in [5.41, 5.74) is 3.10. The lowest BCUT2D eigenvalue weighted by atomic mass is 10.1. The molecule has 5 nitrogen and oxygen atoms in total. The molecule has 5 heteroatoms. The van der Waals surface area contributed by atoms with Crippen LogP contribution in [0.2, 0.25) is 0 Å². The first kappa shape index (κ1) is 15.0. The van der Waals surface area contributed by atoms with E-state index in [1.165, 1.54) is 25.7 Å². The summed E-state index contributed by atoms with van der Waals surface area (Å²) in [4.78, 5) is 14.4. The molecule has 2 N–H and O–H groups in total. The third-order valence-corrected chi connectivity index (χ3v) is 4.06. The predicted molar refractivity (Wildman–Crippen MR) is 79.5 cm³/mol. The second-order valence-electron chi connectivity index (χ2n) is 5.83. The molecule has 1 aromatic heterocycles. The zero-order valence-electron chi connectivity index (χ0n) is 12.8. The zero-order valence-corrected chi connectivity index (χ0v) is 12.8. The third-order valence-electron chi connectivity index (χ3n) is 4.06. The van der Waals surface area contributed by atoms with Gasteiger partial charge in [0.1, 0.15) is 0 Å². The predicted octanol–water partition coefficient (Wildman–Crippen LogP) is 2.08. The van der Waals surface area contributed by atoms with Gasteiger partial charge < -0.3 is 5.32 Å². The van der Waals surface area contributed by atoms with Crippen molar-refractivity contribution in [1.29, 1.82) is 0 Å². The van der Waals surface area contributed by atoms with Crippen LogP contribution in [0.1, 0.15) is 55.6 Å². The van der Waals surface area contributed by atoms with Gasteiger partial charge >= 0.3 is 0 Å². The molecule has 2 heterocycles. The fraction of sp³-hybridized carbons (Fsp3) is 0.733. The first-order chi connectivity index (χ1) is 9.58. The Kier molecular flexibility index (Phi) is 5.17. The highest BCUT2D eigenvalue weighted by Crippen LogP contribution is 2.18. The molecule has 0 aromatic carbocycles. The van der Waals surface area contributed by atoms with Crippen molar-refractivity contribution in [3.05, 3.63) is 17.0 Å². The first-order valence-corrected chi connectivity index (χ1v) is 7.61. The Morgan fingerprint density at radius 2 is 1.95 bits per heavy atom. The Morgan fingerprint density at radius 1 is 1.30 bits per heavy atom. The maximum atomic E-state index is 12.2. The average molecular weight is 278 g/mol. The normalized spacial score (nSPS) is 18.6. The highest BCUT2D eigenvalue weighted by atomic mass is 16.2. The van der Waals surface area contributed by atoms with Gasteiger partial charge in [-0.25, -0.2) is 0 Å². The SMILES string of the molecule is Cc1n[nH]c(C)c1C(C)NC(=O)CN1CCCCCC1. The summed E-state index contributed by atoms with van der Waals surface area (Å²) < 4.78 is 0. The molecule has 1 amide bonds.